The van der Waals surface area contributed by atoms with E-state index in [1.54, 1.807) is 34.6 Å². The van der Waals surface area contributed by atoms with Crippen LogP contribution in [0.25, 0.3) is 0 Å². The fourth-order valence-corrected chi connectivity index (χ4v) is 1.41. The van der Waals surface area contributed by atoms with E-state index < -0.39 is 17.9 Å². The Hall–Kier alpha value is -1.32. The van der Waals surface area contributed by atoms with Gasteiger partial charge in [0.2, 0.25) is 0 Å². The van der Waals surface area contributed by atoms with Gasteiger partial charge >= 0.3 is 11.9 Å². The van der Waals surface area contributed by atoms with Crippen molar-refractivity contribution in [1.82, 2.24) is 0 Å². The maximum atomic E-state index is 11.6. The molecule has 0 heterocycles. The van der Waals surface area contributed by atoms with Crippen LogP contribution in [0, 0.1) is 5.92 Å². The number of rotatable bonds is 5. The standard InChI is InChI=1S/C12H20O4/c1-6-15-11(13)9(5)10(8(3)4)12(14)16-7-2/h9H,6-7H2,1-5H3. The molecule has 0 saturated carbocycles. The monoisotopic (exact) mass is 228 g/mol. The van der Waals surface area contributed by atoms with E-state index in [1.165, 1.54) is 0 Å². The Kier molecular flexibility index (Phi) is 6.46. The largest absolute Gasteiger partial charge is 0.466 e. The summed E-state index contributed by atoms with van der Waals surface area (Å²) in [5.41, 5.74) is 1.17. The van der Waals surface area contributed by atoms with Gasteiger partial charge in [0.1, 0.15) is 0 Å². The molecule has 92 valence electrons. The molecule has 0 aromatic heterocycles. The topological polar surface area (TPSA) is 52.6 Å². The van der Waals surface area contributed by atoms with Crippen molar-refractivity contribution in [3.8, 4) is 0 Å². The van der Waals surface area contributed by atoms with Crippen LogP contribution >= 0.6 is 0 Å². The van der Waals surface area contributed by atoms with E-state index in [9.17, 15) is 9.59 Å². The minimum atomic E-state index is -0.580. The lowest BCUT2D eigenvalue weighted by Crippen LogP contribution is -2.23. The summed E-state index contributed by atoms with van der Waals surface area (Å²) < 4.78 is 9.79. The van der Waals surface area contributed by atoms with Gasteiger partial charge in [0.15, 0.2) is 0 Å². The van der Waals surface area contributed by atoms with Crippen molar-refractivity contribution in [3.05, 3.63) is 11.1 Å². The lowest BCUT2D eigenvalue weighted by atomic mass is 9.97. The number of esters is 2. The number of ether oxygens (including phenoxy) is 2. The third-order valence-electron chi connectivity index (χ3n) is 2.11. The van der Waals surface area contributed by atoms with E-state index >= 15 is 0 Å². The summed E-state index contributed by atoms with van der Waals surface area (Å²) in [7, 11) is 0. The number of carbonyl (C=O) groups excluding carboxylic acids is 2. The zero-order valence-electron chi connectivity index (χ0n) is 10.6. The second-order valence-electron chi connectivity index (χ2n) is 3.61. The minimum Gasteiger partial charge on any atom is -0.466 e. The molecule has 0 bridgehead atoms. The Morgan fingerprint density at radius 2 is 1.56 bits per heavy atom. The molecular formula is C12H20O4. The zero-order chi connectivity index (χ0) is 12.7. The first-order valence-corrected chi connectivity index (χ1v) is 5.46. The van der Waals surface area contributed by atoms with Crippen LogP contribution in [0.4, 0.5) is 0 Å². The van der Waals surface area contributed by atoms with Gasteiger partial charge in [-0.05, 0) is 34.6 Å². The van der Waals surface area contributed by atoms with Crippen molar-refractivity contribution < 1.29 is 19.1 Å². The fourth-order valence-electron chi connectivity index (χ4n) is 1.41. The van der Waals surface area contributed by atoms with E-state index in [0.29, 0.717) is 18.8 Å². The highest BCUT2D eigenvalue weighted by atomic mass is 16.5. The molecule has 0 aliphatic carbocycles. The van der Waals surface area contributed by atoms with Crippen LogP contribution in [0.2, 0.25) is 0 Å². The van der Waals surface area contributed by atoms with Crippen molar-refractivity contribution in [2.75, 3.05) is 13.2 Å². The lowest BCUT2D eigenvalue weighted by Gasteiger charge is -2.15. The van der Waals surface area contributed by atoms with E-state index in [-0.39, 0.29) is 0 Å². The van der Waals surface area contributed by atoms with Crippen LogP contribution < -0.4 is 0 Å². The van der Waals surface area contributed by atoms with Crippen molar-refractivity contribution in [2.24, 2.45) is 5.92 Å². The van der Waals surface area contributed by atoms with Gasteiger partial charge in [0.05, 0.1) is 19.1 Å². The summed E-state index contributed by atoms with van der Waals surface area (Å²) in [6.07, 6.45) is 0. The highest BCUT2D eigenvalue weighted by Gasteiger charge is 2.26. The molecule has 16 heavy (non-hydrogen) atoms. The van der Waals surface area contributed by atoms with Crippen molar-refractivity contribution in [2.45, 2.75) is 34.6 Å². The molecule has 1 unspecified atom stereocenters. The van der Waals surface area contributed by atoms with E-state index in [2.05, 4.69) is 0 Å². The molecule has 4 nitrogen and oxygen atoms in total. The van der Waals surface area contributed by atoms with Crippen LogP contribution in [0.15, 0.2) is 11.1 Å². The van der Waals surface area contributed by atoms with E-state index in [4.69, 9.17) is 9.47 Å². The molecule has 0 aromatic rings. The fraction of sp³-hybridized carbons (Fsp3) is 0.667. The molecule has 0 N–H and O–H groups in total. The third kappa shape index (κ3) is 4.04. The molecule has 0 fully saturated rings. The van der Waals surface area contributed by atoms with Gasteiger partial charge in [-0.25, -0.2) is 4.79 Å². The molecule has 0 aromatic carbocycles. The predicted molar refractivity (Wildman–Crippen MR) is 60.8 cm³/mol. The Bertz CT molecular complexity index is 287. The van der Waals surface area contributed by atoms with Gasteiger partial charge in [0.25, 0.3) is 0 Å². The summed E-state index contributed by atoms with van der Waals surface area (Å²) in [5.74, 6) is -1.42. The number of hydrogen-bond donors (Lipinski definition) is 0. The summed E-state index contributed by atoms with van der Waals surface area (Å²) in [4.78, 5) is 23.2. The summed E-state index contributed by atoms with van der Waals surface area (Å²) >= 11 is 0. The molecule has 1 atom stereocenters. The maximum absolute atomic E-state index is 11.6. The first-order valence-electron chi connectivity index (χ1n) is 5.46. The second-order valence-corrected chi connectivity index (χ2v) is 3.61. The van der Waals surface area contributed by atoms with Gasteiger partial charge < -0.3 is 9.47 Å². The van der Waals surface area contributed by atoms with Crippen LogP contribution in [0.5, 0.6) is 0 Å². The summed E-state index contributed by atoms with van der Waals surface area (Å²) in [5, 5.41) is 0. The average molecular weight is 228 g/mol. The van der Waals surface area contributed by atoms with Crippen LogP contribution in [-0.4, -0.2) is 25.2 Å². The number of carbonyl (C=O) groups is 2. The lowest BCUT2D eigenvalue weighted by molar-refractivity contribution is -0.149. The van der Waals surface area contributed by atoms with E-state index in [1.807, 2.05) is 0 Å². The van der Waals surface area contributed by atoms with Crippen molar-refractivity contribution >= 4 is 11.9 Å². The molecule has 0 saturated heterocycles. The van der Waals surface area contributed by atoms with Crippen molar-refractivity contribution in [1.29, 1.82) is 0 Å². The first kappa shape index (κ1) is 14.7. The Labute approximate surface area is 96.6 Å². The number of hydrogen-bond acceptors (Lipinski definition) is 4. The second kappa shape index (κ2) is 7.04. The SMILES string of the molecule is CCOC(=O)C(=C(C)C)C(C)C(=O)OCC. The quantitative estimate of drug-likeness (QED) is 0.534. The molecule has 4 heteroatoms. The van der Waals surface area contributed by atoms with E-state index in [0.717, 1.165) is 5.57 Å². The Morgan fingerprint density at radius 1 is 1.06 bits per heavy atom. The van der Waals surface area contributed by atoms with Gasteiger partial charge in [-0.15, -0.1) is 0 Å². The predicted octanol–water partition coefficient (Wildman–Crippen LogP) is 2.09. The van der Waals surface area contributed by atoms with Gasteiger partial charge in [-0.1, -0.05) is 5.57 Å². The molecule has 0 aliphatic rings. The van der Waals surface area contributed by atoms with Gasteiger partial charge in [-0.2, -0.15) is 0 Å². The Balaban J connectivity index is 4.88. The molecule has 0 rings (SSSR count). The van der Waals surface area contributed by atoms with Gasteiger partial charge in [-0.3, -0.25) is 4.79 Å². The summed E-state index contributed by atoms with van der Waals surface area (Å²) in [6.45, 7) is 9.28. The van der Waals surface area contributed by atoms with Gasteiger partial charge in [0, 0.05) is 5.57 Å². The molecule has 0 spiro atoms. The zero-order valence-corrected chi connectivity index (χ0v) is 10.6. The Morgan fingerprint density at radius 3 is 1.94 bits per heavy atom. The molecular weight excluding hydrogens is 208 g/mol. The van der Waals surface area contributed by atoms with Crippen molar-refractivity contribution in [3.63, 3.8) is 0 Å². The van der Waals surface area contributed by atoms with Crippen LogP contribution in [0.3, 0.4) is 0 Å². The summed E-state index contributed by atoms with van der Waals surface area (Å²) in [6, 6.07) is 0. The van der Waals surface area contributed by atoms with Crippen LogP contribution in [-0.2, 0) is 19.1 Å². The number of allylic oxidation sites excluding steroid dienone is 1. The molecule has 0 radical (unpaired) electrons. The minimum absolute atomic E-state index is 0.297. The highest BCUT2D eigenvalue weighted by Crippen LogP contribution is 2.18. The molecule has 0 amide bonds. The maximum Gasteiger partial charge on any atom is 0.334 e. The highest BCUT2D eigenvalue weighted by molar-refractivity contribution is 5.95. The molecule has 0 aliphatic heterocycles. The smallest absolute Gasteiger partial charge is 0.334 e. The third-order valence-corrected chi connectivity index (χ3v) is 2.11. The first-order chi connectivity index (χ1) is 7.45. The normalized spacial score (nSPS) is 11.6. The van der Waals surface area contributed by atoms with Crippen LogP contribution in [0.1, 0.15) is 34.6 Å². The average Bonchev–Trinajstić information content (AvgIpc) is 2.17.